The molecule has 0 radical (unpaired) electrons. The first-order chi connectivity index (χ1) is 10.5. The summed E-state index contributed by atoms with van der Waals surface area (Å²) in [5.74, 6) is -0.125. The largest absolute Gasteiger partial charge is 0.465 e. The monoisotopic (exact) mass is 301 g/mol. The summed E-state index contributed by atoms with van der Waals surface area (Å²) in [6.45, 7) is 0.498. The van der Waals surface area contributed by atoms with Gasteiger partial charge in [-0.1, -0.05) is 0 Å². The molecule has 2 aliphatic rings. The van der Waals surface area contributed by atoms with Crippen molar-refractivity contribution in [3.63, 3.8) is 0 Å². The van der Waals surface area contributed by atoms with Crippen LogP contribution in [0.1, 0.15) is 6.42 Å². The number of H-pyrrole nitrogens is 1. The van der Waals surface area contributed by atoms with Crippen molar-refractivity contribution in [3.05, 3.63) is 18.5 Å². The van der Waals surface area contributed by atoms with Crippen LogP contribution in [-0.4, -0.2) is 57.7 Å². The van der Waals surface area contributed by atoms with E-state index in [0.29, 0.717) is 18.7 Å². The quantitative estimate of drug-likeness (QED) is 0.675. The van der Waals surface area contributed by atoms with Gasteiger partial charge in [0.05, 0.1) is 24.1 Å². The number of carbonyl (C=O) groups is 2. The van der Waals surface area contributed by atoms with Crippen molar-refractivity contribution in [2.45, 2.75) is 12.0 Å². The molecule has 1 atom stereocenters. The van der Waals surface area contributed by atoms with Gasteiger partial charge in [0.2, 0.25) is 0 Å². The molecule has 0 aromatic carbocycles. The zero-order valence-electron chi connectivity index (χ0n) is 12.0. The molecule has 22 heavy (non-hydrogen) atoms. The number of nitrogens with one attached hydrogen (secondary N) is 2. The molecule has 1 spiro atoms. The van der Waals surface area contributed by atoms with Crippen molar-refractivity contribution in [1.29, 1.82) is 0 Å². The minimum absolute atomic E-state index is 0.125. The molecule has 3 N–H and O–H groups in total. The number of rotatable bonds is 0. The summed E-state index contributed by atoms with van der Waals surface area (Å²) in [6, 6.07) is 1.90. The van der Waals surface area contributed by atoms with Crippen LogP contribution in [0.25, 0.3) is 11.0 Å². The van der Waals surface area contributed by atoms with Gasteiger partial charge in [-0.3, -0.25) is 4.79 Å². The van der Waals surface area contributed by atoms with E-state index >= 15 is 0 Å². The fourth-order valence-corrected chi connectivity index (χ4v) is 3.36. The van der Waals surface area contributed by atoms with Gasteiger partial charge in [-0.05, 0) is 12.5 Å². The van der Waals surface area contributed by atoms with Gasteiger partial charge in [-0.2, -0.15) is 0 Å². The number of carbonyl (C=O) groups excluding carboxylic acids is 1. The third kappa shape index (κ3) is 1.54. The number of anilines is 2. The minimum atomic E-state index is -0.999. The molecule has 114 valence electrons. The number of likely N-dealkylation sites (N-methyl/N-ethyl adjacent to an activating group) is 1. The standard InChI is InChI=1S/C14H15N5O3/c1-18-9-6-16-11-8(2-4-15-11)10(9)17-14(12(18)20)3-5-19(7-14)13(21)22/h2,4,6,17H,3,5,7H2,1H3,(H,15,16)(H,21,22). The molecule has 4 heterocycles. The molecule has 0 bridgehead atoms. The lowest BCUT2D eigenvalue weighted by molar-refractivity contribution is -0.122. The number of pyridine rings is 1. The first-order valence-electron chi connectivity index (χ1n) is 7.02. The molecule has 0 aliphatic carbocycles. The summed E-state index contributed by atoms with van der Waals surface area (Å²) in [6.07, 6.45) is 2.90. The Morgan fingerprint density at radius 3 is 3.05 bits per heavy atom. The van der Waals surface area contributed by atoms with E-state index in [0.717, 1.165) is 16.7 Å². The zero-order chi connectivity index (χ0) is 15.5. The van der Waals surface area contributed by atoms with Crippen LogP contribution in [-0.2, 0) is 4.79 Å². The van der Waals surface area contributed by atoms with Gasteiger partial charge in [-0.25, -0.2) is 9.78 Å². The van der Waals surface area contributed by atoms with Gasteiger partial charge in [0.15, 0.2) is 0 Å². The average Bonchev–Trinajstić information content (AvgIpc) is 3.12. The van der Waals surface area contributed by atoms with Crippen LogP contribution in [0.5, 0.6) is 0 Å². The second-order valence-electron chi connectivity index (χ2n) is 5.78. The van der Waals surface area contributed by atoms with Crippen molar-refractivity contribution in [3.8, 4) is 0 Å². The Balaban J connectivity index is 1.84. The van der Waals surface area contributed by atoms with Crippen LogP contribution in [0.4, 0.5) is 16.2 Å². The molecule has 0 saturated carbocycles. The number of fused-ring (bicyclic) bond motifs is 3. The maximum atomic E-state index is 12.8. The number of likely N-dealkylation sites (tertiary alicyclic amines) is 1. The molecule has 1 unspecified atom stereocenters. The molecule has 4 rings (SSSR count). The highest BCUT2D eigenvalue weighted by molar-refractivity contribution is 6.12. The Kier molecular flexibility index (Phi) is 2.42. The van der Waals surface area contributed by atoms with Crippen LogP contribution < -0.4 is 10.2 Å². The number of nitrogens with zero attached hydrogens (tertiary/aromatic N) is 3. The average molecular weight is 301 g/mol. The Morgan fingerprint density at radius 2 is 2.32 bits per heavy atom. The minimum Gasteiger partial charge on any atom is -0.465 e. The highest BCUT2D eigenvalue weighted by Gasteiger charge is 2.51. The number of carboxylic acid groups (broad SMARTS) is 1. The Morgan fingerprint density at radius 1 is 1.50 bits per heavy atom. The number of amides is 2. The van der Waals surface area contributed by atoms with Crippen molar-refractivity contribution < 1.29 is 14.7 Å². The summed E-state index contributed by atoms with van der Waals surface area (Å²) in [5.41, 5.74) is 1.36. The molecule has 2 aromatic heterocycles. The first kappa shape index (κ1) is 12.9. The van der Waals surface area contributed by atoms with E-state index in [2.05, 4.69) is 15.3 Å². The third-order valence-electron chi connectivity index (χ3n) is 4.55. The van der Waals surface area contributed by atoms with E-state index in [1.54, 1.807) is 24.3 Å². The van der Waals surface area contributed by atoms with E-state index < -0.39 is 11.6 Å². The maximum absolute atomic E-state index is 12.8. The predicted molar refractivity (Wildman–Crippen MR) is 80.1 cm³/mol. The van der Waals surface area contributed by atoms with Crippen LogP contribution >= 0.6 is 0 Å². The third-order valence-corrected chi connectivity index (χ3v) is 4.55. The van der Waals surface area contributed by atoms with E-state index in [9.17, 15) is 14.7 Å². The molecule has 1 saturated heterocycles. The van der Waals surface area contributed by atoms with Crippen LogP contribution in [0.15, 0.2) is 18.5 Å². The summed E-state index contributed by atoms with van der Waals surface area (Å²) in [7, 11) is 1.70. The number of aromatic nitrogens is 2. The van der Waals surface area contributed by atoms with Crippen molar-refractivity contribution in [2.24, 2.45) is 0 Å². The predicted octanol–water partition coefficient (Wildman–Crippen LogP) is 1.07. The summed E-state index contributed by atoms with van der Waals surface area (Å²) >= 11 is 0. The van der Waals surface area contributed by atoms with Crippen LogP contribution in [0.2, 0.25) is 0 Å². The molecule has 1 fully saturated rings. The lowest BCUT2D eigenvalue weighted by atomic mass is 9.92. The van der Waals surface area contributed by atoms with Gasteiger partial charge in [0, 0.05) is 25.2 Å². The Bertz CT molecular complexity index is 801. The number of hydrogen-bond donors (Lipinski definition) is 3. The van der Waals surface area contributed by atoms with Gasteiger partial charge in [0.1, 0.15) is 11.2 Å². The summed E-state index contributed by atoms with van der Waals surface area (Å²) < 4.78 is 0. The fraction of sp³-hybridized carbons (Fsp3) is 0.357. The second-order valence-corrected chi connectivity index (χ2v) is 5.78. The van der Waals surface area contributed by atoms with Crippen LogP contribution in [0.3, 0.4) is 0 Å². The molecular weight excluding hydrogens is 286 g/mol. The van der Waals surface area contributed by atoms with E-state index in [-0.39, 0.29) is 12.5 Å². The summed E-state index contributed by atoms with van der Waals surface area (Å²) in [4.78, 5) is 34.1. The van der Waals surface area contributed by atoms with Crippen molar-refractivity contribution in [2.75, 3.05) is 30.4 Å². The van der Waals surface area contributed by atoms with Crippen molar-refractivity contribution in [1.82, 2.24) is 14.9 Å². The first-order valence-corrected chi connectivity index (χ1v) is 7.02. The van der Waals surface area contributed by atoms with Crippen LogP contribution in [0, 0.1) is 0 Å². The maximum Gasteiger partial charge on any atom is 0.407 e. The van der Waals surface area contributed by atoms with Crippen molar-refractivity contribution >= 4 is 34.4 Å². The number of aromatic amines is 1. The number of hydrogen-bond acceptors (Lipinski definition) is 4. The Hall–Kier alpha value is -2.77. The molecule has 2 aliphatic heterocycles. The van der Waals surface area contributed by atoms with E-state index in [1.807, 2.05) is 6.07 Å². The Labute approximate surface area is 125 Å². The molecule has 8 heteroatoms. The SMILES string of the molecule is CN1C(=O)C2(CCN(C(=O)O)C2)Nc2c1cnc1[nH]ccc21. The highest BCUT2D eigenvalue weighted by atomic mass is 16.4. The van der Waals surface area contributed by atoms with Gasteiger partial charge in [0.25, 0.3) is 5.91 Å². The lowest BCUT2D eigenvalue weighted by Crippen LogP contribution is -2.58. The molecule has 8 nitrogen and oxygen atoms in total. The molecule has 2 aromatic rings. The van der Waals surface area contributed by atoms with Gasteiger partial charge >= 0.3 is 6.09 Å². The summed E-state index contributed by atoms with van der Waals surface area (Å²) in [5, 5.41) is 13.4. The fourth-order valence-electron chi connectivity index (χ4n) is 3.36. The highest BCUT2D eigenvalue weighted by Crippen LogP contribution is 2.41. The van der Waals surface area contributed by atoms with E-state index in [4.69, 9.17) is 0 Å². The second kappa shape index (κ2) is 4.12. The molecular formula is C14H15N5O3. The van der Waals surface area contributed by atoms with Gasteiger partial charge in [-0.15, -0.1) is 0 Å². The normalized spacial score (nSPS) is 24.0. The lowest BCUT2D eigenvalue weighted by Gasteiger charge is -2.40. The smallest absolute Gasteiger partial charge is 0.407 e. The zero-order valence-corrected chi connectivity index (χ0v) is 12.0. The van der Waals surface area contributed by atoms with Gasteiger partial charge < -0.3 is 25.2 Å². The topological polar surface area (TPSA) is 102 Å². The van der Waals surface area contributed by atoms with E-state index in [1.165, 1.54) is 4.90 Å². The molecule has 2 amide bonds.